The number of aryl methyl sites for hydroxylation is 2. The summed E-state index contributed by atoms with van der Waals surface area (Å²) in [5, 5.41) is 0. The Labute approximate surface area is 113 Å². The van der Waals surface area contributed by atoms with E-state index in [0.29, 0.717) is 12.1 Å². The summed E-state index contributed by atoms with van der Waals surface area (Å²) in [6.07, 6.45) is 14.4. The highest BCUT2D eigenvalue weighted by atomic mass is 16.2. The monoisotopic (exact) mass is 262 g/mol. The Balaban J connectivity index is 2.23. The van der Waals surface area contributed by atoms with Gasteiger partial charge in [0.05, 0.1) is 0 Å². The minimum atomic E-state index is -0.315. The highest BCUT2D eigenvalue weighted by Crippen LogP contribution is 2.07. The normalized spacial score (nSPS) is 10.3. The molecule has 0 aliphatic heterocycles. The predicted octanol–water partition coefficient (Wildman–Crippen LogP) is 2.21. The van der Waals surface area contributed by atoms with E-state index in [0.717, 1.165) is 25.7 Å². The van der Waals surface area contributed by atoms with E-state index in [-0.39, 0.29) is 11.2 Å². The van der Waals surface area contributed by atoms with Crippen LogP contribution < -0.4 is 11.2 Å². The molecule has 1 N–H and O–H groups in total. The Morgan fingerprint density at radius 3 is 2.47 bits per heavy atom. The van der Waals surface area contributed by atoms with Crippen molar-refractivity contribution in [3.05, 3.63) is 32.6 Å². The molecule has 1 aromatic rings. The average Bonchev–Trinajstić information content (AvgIpc) is 2.38. The van der Waals surface area contributed by atoms with Crippen LogP contribution in [0.5, 0.6) is 0 Å². The van der Waals surface area contributed by atoms with Crippen molar-refractivity contribution in [2.24, 2.45) is 0 Å². The summed E-state index contributed by atoms with van der Waals surface area (Å²) in [7, 11) is 0. The standard InChI is InChI=1S/C15H22N2O2/c1-3-4-5-6-7-8-9-10-11-17-12-13(2)14(18)16-15(17)19/h1,12H,4-11H2,2H3,(H,16,18,19). The number of terminal acetylenes is 1. The van der Waals surface area contributed by atoms with Gasteiger partial charge in [-0.2, -0.15) is 0 Å². The number of nitrogens with one attached hydrogen (secondary N) is 1. The van der Waals surface area contributed by atoms with E-state index in [1.165, 1.54) is 19.3 Å². The van der Waals surface area contributed by atoms with E-state index in [1.807, 2.05) is 0 Å². The Hall–Kier alpha value is -1.76. The van der Waals surface area contributed by atoms with Gasteiger partial charge in [-0.05, 0) is 19.8 Å². The molecule has 1 heterocycles. The first-order chi connectivity index (χ1) is 9.15. The number of nitrogens with zero attached hydrogens (tertiary/aromatic N) is 1. The minimum absolute atomic E-state index is 0.297. The lowest BCUT2D eigenvalue weighted by Gasteiger charge is -2.05. The van der Waals surface area contributed by atoms with Crippen LogP contribution in [-0.2, 0) is 6.54 Å². The summed E-state index contributed by atoms with van der Waals surface area (Å²) in [4.78, 5) is 25.0. The molecule has 0 aliphatic carbocycles. The van der Waals surface area contributed by atoms with Crippen LogP contribution in [-0.4, -0.2) is 9.55 Å². The summed E-state index contributed by atoms with van der Waals surface area (Å²) >= 11 is 0. The van der Waals surface area contributed by atoms with Crippen molar-refractivity contribution in [1.82, 2.24) is 9.55 Å². The molecular formula is C15H22N2O2. The van der Waals surface area contributed by atoms with Crippen molar-refractivity contribution in [3.8, 4) is 12.3 Å². The third-order valence-electron chi connectivity index (χ3n) is 3.16. The van der Waals surface area contributed by atoms with E-state index in [4.69, 9.17) is 6.42 Å². The van der Waals surface area contributed by atoms with Crippen molar-refractivity contribution < 1.29 is 0 Å². The summed E-state index contributed by atoms with van der Waals surface area (Å²) < 4.78 is 1.58. The van der Waals surface area contributed by atoms with Crippen LogP contribution in [0, 0.1) is 19.3 Å². The fourth-order valence-electron chi connectivity index (χ4n) is 2.00. The third-order valence-corrected chi connectivity index (χ3v) is 3.16. The molecule has 0 aliphatic rings. The number of hydrogen-bond donors (Lipinski definition) is 1. The molecule has 104 valence electrons. The smallest absolute Gasteiger partial charge is 0.300 e. The van der Waals surface area contributed by atoms with E-state index >= 15 is 0 Å². The Morgan fingerprint density at radius 1 is 1.16 bits per heavy atom. The SMILES string of the molecule is C#CCCCCCCCCn1cc(C)c(=O)[nH]c1=O. The zero-order valence-corrected chi connectivity index (χ0v) is 11.6. The van der Waals surface area contributed by atoms with Crippen molar-refractivity contribution >= 4 is 0 Å². The van der Waals surface area contributed by atoms with Gasteiger partial charge in [-0.15, -0.1) is 12.3 Å². The van der Waals surface area contributed by atoms with Crippen LogP contribution in [0.4, 0.5) is 0 Å². The number of unbranched alkanes of at least 4 members (excludes halogenated alkanes) is 6. The Morgan fingerprint density at radius 2 is 1.79 bits per heavy atom. The molecule has 1 aromatic heterocycles. The van der Waals surface area contributed by atoms with Crippen LogP contribution >= 0.6 is 0 Å². The van der Waals surface area contributed by atoms with Crippen molar-refractivity contribution in [3.63, 3.8) is 0 Å². The highest BCUT2D eigenvalue weighted by Gasteiger charge is 2.00. The molecule has 4 nitrogen and oxygen atoms in total. The van der Waals surface area contributed by atoms with Gasteiger partial charge in [0.25, 0.3) is 5.56 Å². The summed E-state index contributed by atoms with van der Waals surface area (Å²) in [5.41, 5.74) is -0.0340. The lowest BCUT2D eigenvalue weighted by atomic mass is 10.1. The first-order valence-electron chi connectivity index (χ1n) is 6.89. The Kier molecular flexibility index (Phi) is 6.73. The molecule has 0 amide bonds. The van der Waals surface area contributed by atoms with Crippen molar-refractivity contribution in [2.45, 2.75) is 58.4 Å². The second kappa shape index (κ2) is 8.36. The van der Waals surface area contributed by atoms with Gasteiger partial charge in [-0.25, -0.2) is 4.79 Å². The maximum atomic E-state index is 11.5. The topological polar surface area (TPSA) is 54.9 Å². The summed E-state index contributed by atoms with van der Waals surface area (Å²) in [5.74, 6) is 2.64. The van der Waals surface area contributed by atoms with E-state index < -0.39 is 0 Å². The maximum Gasteiger partial charge on any atom is 0.328 e. The van der Waals surface area contributed by atoms with Gasteiger partial charge in [0.1, 0.15) is 0 Å². The fraction of sp³-hybridized carbons (Fsp3) is 0.600. The molecule has 0 fully saturated rings. The molecule has 19 heavy (non-hydrogen) atoms. The number of rotatable bonds is 8. The van der Waals surface area contributed by atoms with Gasteiger partial charge in [0.15, 0.2) is 0 Å². The minimum Gasteiger partial charge on any atom is -0.300 e. The summed E-state index contributed by atoms with van der Waals surface area (Å²) in [6.45, 7) is 2.38. The van der Waals surface area contributed by atoms with Gasteiger partial charge in [-0.1, -0.05) is 25.7 Å². The van der Waals surface area contributed by atoms with Crippen LogP contribution in [0.15, 0.2) is 15.8 Å². The second-order valence-corrected chi connectivity index (χ2v) is 4.84. The van der Waals surface area contributed by atoms with E-state index in [9.17, 15) is 9.59 Å². The molecule has 0 radical (unpaired) electrons. The molecule has 1 rings (SSSR count). The molecule has 0 aromatic carbocycles. The van der Waals surface area contributed by atoms with Gasteiger partial charge in [0.2, 0.25) is 0 Å². The second-order valence-electron chi connectivity index (χ2n) is 4.84. The summed E-state index contributed by atoms with van der Waals surface area (Å²) in [6, 6.07) is 0. The molecular weight excluding hydrogens is 240 g/mol. The van der Waals surface area contributed by atoms with Gasteiger partial charge >= 0.3 is 5.69 Å². The third kappa shape index (κ3) is 5.60. The van der Waals surface area contributed by atoms with Crippen molar-refractivity contribution in [1.29, 1.82) is 0 Å². The van der Waals surface area contributed by atoms with Crippen LogP contribution in [0.1, 0.15) is 50.5 Å². The lowest BCUT2D eigenvalue weighted by Crippen LogP contribution is -2.30. The van der Waals surface area contributed by atoms with Crippen molar-refractivity contribution in [2.75, 3.05) is 0 Å². The number of hydrogen-bond acceptors (Lipinski definition) is 2. The molecule has 0 atom stereocenters. The van der Waals surface area contributed by atoms with Gasteiger partial charge in [-0.3, -0.25) is 9.78 Å². The quantitative estimate of drug-likeness (QED) is 0.577. The largest absolute Gasteiger partial charge is 0.328 e. The molecule has 0 bridgehead atoms. The average molecular weight is 262 g/mol. The van der Waals surface area contributed by atoms with Crippen LogP contribution in [0.2, 0.25) is 0 Å². The molecule has 0 unspecified atom stereocenters. The molecule has 4 heteroatoms. The lowest BCUT2D eigenvalue weighted by molar-refractivity contribution is 0.538. The molecule has 0 spiro atoms. The number of aromatic nitrogens is 2. The maximum absolute atomic E-state index is 11.5. The Bertz CT molecular complexity index is 534. The fourth-order valence-corrected chi connectivity index (χ4v) is 2.00. The first-order valence-corrected chi connectivity index (χ1v) is 6.89. The predicted molar refractivity (Wildman–Crippen MR) is 77.2 cm³/mol. The zero-order chi connectivity index (χ0) is 14.1. The first kappa shape index (κ1) is 15.3. The molecule has 0 saturated carbocycles. The van der Waals surface area contributed by atoms with E-state index in [1.54, 1.807) is 17.7 Å². The molecule has 0 saturated heterocycles. The van der Waals surface area contributed by atoms with Crippen LogP contribution in [0.25, 0.3) is 0 Å². The highest BCUT2D eigenvalue weighted by molar-refractivity contribution is 5.00. The zero-order valence-electron chi connectivity index (χ0n) is 11.6. The van der Waals surface area contributed by atoms with Gasteiger partial charge < -0.3 is 4.57 Å². The van der Waals surface area contributed by atoms with E-state index in [2.05, 4.69) is 10.9 Å². The van der Waals surface area contributed by atoms with Crippen LogP contribution in [0.3, 0.4) is 0 Å². The number of H-pyrrole nitrogens is 1. The van der Waals surface area contributed by atoms with Gasteiger partial charge in [0, 0.05) is 24.7 Å². The number of aromatic amines is 1.